The monoisotopic (exact) mass is 621 g/mol. The highest BCUT2D eigenvalue weighted by molar-refractivity contribution is 5.91. The van der Waals surface area contributed by atoms with Crippen molar-refractivity contribution < 1.29 is 24.5 Å². The number of likely N-dealkylation sites (N-methyl/N-ethyl adjacent to an activating group) is 1. The minimum absolute atomic E-state index is 0.0443. The van der Waals surface area contributed by atoms with Crippen LogP contribution in [0.1, 0.15) is 105 Å². The third kappa shape index (κ3) is 9.85. The number of ether oxygens (including phenoxy) is 1. The number of carbonyl (C=O) groups excluding carboxylic acids is 2. The molecule has 2 aliphatic rings. The Morgan fingerprint density at radius 1 is 1.02 bits per heavy atom. The van der Waals surface area contributed by atoms with E-state index >= 15 is 0 Å². The van der Waals surface area contributed by atoms with Gasteiger partial charge in [-0.1, -0.05) is 75.1 Å². The first kappa shape index (κ1) is 35.1. The lowest BCUT2D eigenvalue weighted by atomic mass is 9.80. The second-order valence-electron chi connectivity index (χ2n) is 13.5. The van der Waals surface area contributed by atoms with Gasteiger partial charge in [-0.25, -0.2) is 0 Å². The van der Waals surface area contributed by atoms with E-state index in [-0.39, 0.29) is 24.0 Å². The largest absolute Gasteiger partial charge is 0.390 e. The number of hydrogen-bond acceptors (Lipinski definition) is 6. The molecule has 0 bridgehead atoms. The zero-order valence-electron chi connectivity index (χ0n) is 27.8. The van der Waals surface area contributed by atoms with E-state index in [2.05, 4.69) is 66.9 Å². The minimum Gasteiger partial charge on any atom is -0.390 e. The number of aliphatic hydroxyl groups excluding tert-OH is 2. The fourth-order valence-corrected chi connectivity index (χ4v) is 6.73. The molecule has 3 unspecified atom stereocenters. The van der Waals surface area contributed by atoms with Gasteiger partial charge >= 0.3 is 0 Å². The number of nitrogens with one attached hydrogen (secondary N) is 2. The third-order valence-corrected chi connectivity index (χ3v) is 9.54. The number of aliphatic hydroxyl groups is 2. The van der Waals surface area contributed by atoms with Crippen molar-refractivity contribution in [1.82, 2.24) is 15.5 Å². The van der Waals surface area contributed by atoms with E-state index in [9.17, 15) is 19.8 Å². The van der Waals surface area contributed by atoms with Crippen LogP contribution in [0.15, 0.2) is 42.5 Å². The van der Waals surface area contributed by atoms with Gasteiger partial charge in [-0.05, 0) is 87.4 Å². The highest BCUT2D eigenvalue weighted by Crippen LogP contribution is 2.34. The number of benzene rings is 2. The van der Waals surface area contributed by atoms with E-state index in [1.165, 1.54) is 22.3 Å². The molecule has 4 rings (SSSR count). The van der Waals surface area contributed by atoms with E-state index in [0.717, 1.165) is 63.5 Å². The van der Waals surface area contributed by atoms with Crippen LogP contribution in [0.25, 0.3) is 0 Å². The molecule has 2 fully saturated rings. The maximum Gasteiger partial charge on any atom is 0.245 e. The maximum atomic E-state index is 13.1. The number of rotatable bonds is 14. The van der Waals surface area contributed by atoms with Gasteiger partial charge in [0.15, 0.2) is 0 Å². The molecule has 1 saturated carbocycles. The van der Waals surface area contributed by atoms with E-state index in [4.69, 9.17) is 4.74 Å². The lowest BCUT2D eigenvalue weighted by Gasteiger charge is -2.37. The zero-order chi connectivity index (χ0) is 32.4. The molecule has 4 atom stereocenters. The predicted molar refractivity (Wildman–Crippen MR) is 178 cm³/mol. The number of hydrogen-bond donors (Lipinski definition) is 4. The molecule has 0 spiro atoms. The number of aryl methyl sites for hydroxylation is 2. The van der Waals surface area contributed by atoms with Crippen LogP contribution in [0.2, 0.25) is 0 Å². The smallest absolute Gasteiger partial charge is 0.245 e. The molecule has 1 saturated heterocycles. The molecule has 8 heteroatoms. The molecule has 2 aromatic rings. The van der Waals surface area contributed by atoms with Crippen LogP contribution in [0.4, 0.5) is 0 Å². The summed E-state index contributed by atoms with van der Waals surface area (Å²) in [7, 11) is 3.96. The summed E-state index contributed by atoms with van der Waals surface area (Å²) in [6.07, 6.45) is 6.94. The Morgan fingerprint density at radius 3 is 2.42 bits per heavy atom. The van der Waals surface area contributed by atoms with Crippen LogP contribution in [0.5, 0.6) is 0 Å². The quantitative estimate of drug-likeness (QED) is 0.242. The fraction of sp³-hybridized carbons (Fsp3) is 0.622. The van der Waals surface area contributed by atoms with Gasteiger partial charge in [-0.3, -0.25) is 9.59 Å². The Labute approximate surface area is 269 Å². The van der Waals surface area contributed by atoms with Crippen LogP contribution in [-0.2, 0) is 27.2 Å². The lowest BCUT2D eigenvalue weighted by molar-refractivity contribution is -0.172. The van der Waals surface area contributed by atoms with Gasteiger partial charge in [-0.15, -0.1) is 0 Å². The molecular weight excluding hydrogens is 566 g/mol. The van der Waals surface area contributed by atoms with Gasteiger partial charge in [0.1, 0.15) is 11.6 Å². The summed E-state index contributed by atoms with van der Waals surface area (Å²) in [5.41, 5.74) is 5.09. The molecular formula is C37H55N3O5. The molecule has 8 nitrogen and oxygen atoms in total. The molecule has 45 heavy (non-hydrogen) atoms. The van der Waals surface area contributed by atoms with Gasteiger partial charge in [-0.2, -0.15) is 0 Å². The van der Waals surface area contributed by atoms with Gasteiger partial charge in [0.25, 0.3) is 0 Å². The molecule has 1 aliphatic heterocycles. The normalized spacial score (nSPS) is 23.1. The predicted octanol–water partition coefficient (Wildman–Crippen LogP) is 4.76. The van der Waals surface area contributed by atoms with Crippen molar-refractivity contribution in [3.05, 3.63) is 70.3 Å². The van der Waals surface area contributed by atoms with E-state index in [1.54, 1.807) is 0 Å². The second-order valence-corrected chi connectivity index (χ2v) is 13.5. The number of nitrogens with zero attached hydrogens (tertiary/aromatic N) is 1. The first-order valence-corrected chi connectivity index (χ1v) is 17.0. The summed E-state index contributed by atoms with van der Waals surface area (Å²) in [5.74, 6) is -0.0891. The van der Waals surface area contributed by atoms with Crippen molar-refractivity contribution in [2.24, 2.45) is 0 Å². The molecule has 1 heterocycles. The number of carbonyl (C=O) groups is 2. The van der Waals surface area contributed by atoms with Crippen LogP contribution in [-0.4, -0.2) is 78.0 Å². The highest BCUT2D eigenvalue weighted by atomic mass is 16.5. The second kappa shape index (κ2) is 16.7. The van der Waals surface area contributed by atoms with Gasteiger partial charge in [0, 0.05) is 25.9 Å². The molecule has 2 aromatic carbocycles. The molecule has 0 aromatic heterocycles. The van der Waals surface area contributed by atoms with Crippen molar-refractivity contribution in [3.8, 4) is 0 Å². The fourth-order valence-electron chi connectivity index (χ4n) is 6.73. The highest BCUT2D eigenvalue weighted by Gasteiger charge is 2.40. The van der Waals surface area contributed by atoms with Gasteiger partial charge in [0.05, 0.1) is 18.3 Å². The maximum absolute atomic E-state index is 13.1. The minimum atomic E-state index is -0.836. The number of amides is 2. The average Bonchev–Trinajstić information content (AvgIpc) is 3.01. The molecule has 2 amide bonds. The van der Waals surface area contributed by atoms with Crippen LogP contribution >= 0.6 is 0 Å². The summed E-state index contributed by atoms with van der Waals surface area (Å²) in [6.45, 7) is 5.52. The van der Waals surface area contributed by atoms with Crippen LogP contribution < -0.4 is 10.6 Å². The first-order chi connectivity index (χ1) is 21.6. The van der Waals surface area contributed by atoms with Crippen molar-refractivity contribution in [2.75, 3.05) is 27.2 Å². The summed E-state index contributed by atoms with van der Waals surface area (Å²) >= 11 is 0. The lowest BCUT2D eigenvalue weighted by Crippen LogP contribution is -2.60. The van der Waals surface area contributed by atoms with Gasteiger partial charge in [0.2, 0.25) is 11.8 Å². The van der Waals surface area contributed by atoms with Crippen molar-refractivity contribution >= 4 is 11.8 Å². The SMILES string of the molecule is CCCC1OC(c2ccc(C)c(Cc3ccc(CCCC(=O)NC4(C(=O)NCCN(C)C)CCCCC4)cc3)c2)CC(O)[C@@H]1O. The van der Waals surface area contributed by atoms with E-state index in [0.29, 0.717) is 32.2 Å². The average molecular weight is 622 g/mol. The third-order valence-electron chi connectivity index (χ3n) is 9.54. The Hall–Kier alpha value is -2.78. The Bertz CT molecular complexity index is 1240. The molecule has 248 valence electrons. The molecule has 0 radical (unpaired) electrons. The Kier molecular flexibility index (Phi) is 13.0. The Morgan fingerprint density at radius 2 is 1.73 bits per heavy atom. The standard InChI is InChI=1S/C37H55N3O5/c1-5-10-32-35(43)31(41)25-33(45-32)29-18-13-26(2)30(24-29)23-28-16-14-27(15-17-28)11-9-12-34(42)39-37(19-7-6-8-20-37)36(44)38-21-22-40(3)4/h13-18,24,31-33,35,41,43H,5-12,19-23,25H2,1-4H3,(H,38,44)(H,39,42)/t31?,32?,33?,35-/m0/s1. The first-order valence-electron chi connectivity index (χ1n) is 17.0. The molecule has 4 N–H and O–H groups in total. The summed E-state index contributed by atoms with van der Waals surface area (Å²) in [4.78, 5) is 28.1. The van der Waals surface area contributed by atoms with Crippen LogP contribution in [0.3, 0.4) is 0 Å². The Balaban J connectivity index is 1.29. The zero-order valence-corrected chi connectivity index (χ0v) is 27.8. The molecule has 1 aliphatic carbocycles. The van der Waals surface area contributed by atoms with Crippen molar-refractivity contribution in [1.29, 1.82) is 0 Å². The van der Waals surface area contributed by atoms with E-state index < -0.39 is 17.7 Å². The van der Waals surface area contributed by atoms with Crippen LogP contribution in [0, 0.1) is 6.92 Å². The summed E-state index contributed by atoms with van der Waals surface area (Å²) in [6, 6.07) is 15.0. The van der Waals surface area contributed by atoms with Crippen molar-refractivity contribution in [3.63, 3.8) is 0 Å². The van der Waals surface area contributed by atoms with E-state index in [1.807, 2.05) is 19.0 Å². The summed E-state index contributed by atoms with van der Waals surface area (Å²) < 4.78 is 6.23. The van der Waals surface area contributed by atoms with Gasteiger partial charge < -0.3 is 30.5 Å². The van der Waals surface area contributed by atoms with Crippen molar-refractivity contribution in [2.45, 2.75) is 121 Å². The summed E-state index contributed by atoms with van der Waals surface area (Å²) in [5, 5.41) is 27.0. The topological polar surface area (TPSA) is 111 Å².